The largest absolute Gasteiger partial charge is 0.354 e. The van der Waals surface area contributed by atoms with E-state index in [9.17, 15) is 4.79 Å². The highest BCUT2D eigenvalue weighted by Gasteiger charge is 2.17. The third kappa shape index (κ3) is 4.86. The van der Waals surface area contributed by atoms with E-state index in [4.69, 9.17) is 16.6 Å². The van der Waals surface area contributed by atoms with Crippen molar-refractivity contribution in [3.8, 4) is 22.4 Å². The summed E-state index contributed by atoms with van der Waals surface area (Å²) in [4.78, 5) is 17.4. The zero-order chi connectivity index (χ0) is 22.7. The van der Waals surface area contributed by atoms with Crippen LogP contribution < -0.4 is 5.32 Å². The molecule has 1 atom stereocenters. The minimum atomic E-state index is 0.0613. The summed E-state index contributed by atoms with van der Waals surface area (Å²) < 4.78 is 2.12. The van der Waals surface area contributed by atoms with Crippen molar-refractivity contribution in [3.63, 3.8) is 0 Å². The Morgan fingerprint density at radius 3 is 2.53 bits per heavy atom. The van der Waals surface area contributed by atoms with E-state index >= 15 is 0 Å². The van der Waals surface area contributed by atoms with Gasteiger partial charge in [0.2, 0.25) is 5.91 Å². The molecule has 0 aliphatic heterocycles. The van der Waals surface area contributed by atoms with Crippen LogP contribution in [0.5, 0.6) is 0 Å². The van der Waals surface area contributed by atoms with Gasteiger partial charge in [-0.1, -0.05) is 60.5 Å². The van der Waals surface area contributed by atoms with Gasteiger partial charge >= 0.3 is 0 Å². The second kappa shape index (κ2) is 9.58. The van der Waals surface area contributed by atoms with Gasteiger partial charge in [-0.05, 0) is 62.1 Å². The number of rotatable bonds is 7. The molecule has 164 valence electrons. The Bertz CT molecular complexity index is 1240. The maximum atomic E-state index is 12.5. The lowest BCUT2D eigenvalue weighted by Gasteiger charge is -2.12. The second-order valence-corrected chi connectivity index (χ2v) is 8.74. The average molecular weight is 446 g/mol. The van der Waals surface area contributed by atoms with E-state index in [1.54, 1.807) is 0 Å². The van der Waals surface area contributed by atoms with Crippen LogP contribution in [0.2, 0.25) is 5.02 Å². The van der Waals surface area contributed by atoms with E-state index in [1.807, 2.05) is 37.3 Å². The number of hydrogen-bond donors (Lipinski definition) is 1. The highest BCUT2D eigenvalue weighted by molar-refractivity contribution is 6.30. The van der Waals surface area contributed by atoms with Crippen molar-refractivity contribution >= 4 is 23.2 Å². The summed E-state index contributed by atoms with van der Waals surface area (Å²) in [6, 6.07) is 20.5. The SMILES string of the molecule is CCC(C)NC(=O)CCc1c(-c2ccc(Cl)cc2)nc2ccc(-c3cccc(C)c3)cn12. The maximum Gasteiger partial charge on any atom is 0.220 e. The van der Waals surface area contributed by atoms with Crippen LogP contribution >= 0.6 is 11.6 Å². The van der Waals surface area contributed by atoms with Crippen molar-refractivity contribution in [2.75, 3.05) is 0 Å². The van der Waals surface area contributed by atoms with Gasteiger partial charge in [-0.3, -0.25) is 4.79 Å². The van der Waals surface area contributed by atoms with Gasteiger partial charge in [0.25, 0.3) is 0 Å². The lowest BCUT2D eigenvalue weighted by Crippen LogP contribution is -2.32. The molecule has 4 nitrogen and oxygen atoms in total. The third-order valence-electron chi connectivity index (χ3n) is 5.80. The monoisotopic (exact) mass is 445 g/mol. The number of aryl methyl sites for hydroxylation is 2. The molecule has 0 aliphatic carbocycles. The van der Waals surface area contributed by atoms with Gasteiger partial charge in [0.15, 0.2) is 0 Å². The van der Waals surface area contributed by atoms with E-state index in [2.05, 4.69) is 60.1 Å². The molecule has 2 aromatic carbocycles. The number of nitrogens with one attached hydrogen (secondary N) is 1. The van der Waals surface area contributed by atoms with E-state index in [-0.39, 0.29) is 11.9 Å². The number of halogens is 1. The summed E-state index contributed by atoms with van der Waals surface area (Å²) in [5.41, 5.74) is 7.27. The van der Waals surface area contributed by atoms with Gasteiger partial charge in [0.1, 0.15) is 5.65 Å². The topological polar surface area (TPSA) is 46.4 Å². The van der Waals surface area contributed by atoms with Crippen molar-refractivity contribution < 1.29 is 4.79 Å². The Balaban J connectivity index is 1.76. The van der Waals surface area contributed by atoms with E-state index in [1.165, 1.54) is 5.56 Å². The van der Waals surface area contributed by atoms with Gasteiger partial charge in [-0.15, -0.1) is 0 Å². The van der Waals surface area contributed by atoms with Crippen molar-refractivity contribution in [2.24, 2.45) is 0 Å². The molecule has 0 aliphatic rings. The first-order valence-electron chi connectivity index (χ1n) is 11.1. The van der Waals surface area contributed by atoms with E-state index in [0.29, 0.717) is 17.9 Å². The van der Waals surface area contributed by atoms with Crippen LogP contribution in [0.3, 0.4) is 0 Å². The predicted molar refractivity (Wildman–Crippen MR) is 132 cm³/mol. The van der Waals surface area contributed by atoms with Gasteiger partial charge in [0, 0.05) is 29.2 Å². The molecule has 2 heterocycles. The first-order valence-corrected chi connectivity index (χ1v) is 11.5. The molecule has 0 saturated heterocycles. The molecule has 1 unspecified atom stereocenters. The molecule has 0 radical (unpaired) electrons. The first kappa shape index (κ1) is 22.1. The fourth-order valence-electron chi connectivity index (χ4n) is 3.85. The molecule has 1 N–H and O–H groups in total. The van der Waals surface area contributed by atoms with Crippen LogP contribution in [-0.4, -0.2) is 21.3 Å². The lowest BCUT2D eigenvalue weighted by atomic mass is 10.0. The molecule has 2 aromatic heterocycles. The van der Waals surface area contributed by atoms with Crippen LogP contribution in [-0.2, 0) is 11.2 Å². The number of aromatic nitrogens is 2. The third-order valence-corrected chi connectivity index (χ3v) is 6.05. The predicted octanol–water partition coefficient (Wildman–Crippen LogP) is 6.48. The fourth-order valence-corrected chi connectivity index (χ4v) is 3.97. The molecule has 5 heteroatoms. The molecule has 4 aromatic rings. The number of carbonyl (C=O) groups excluding carboxylic acids is 1. The number of fused-ring (bicyclic) bond motifs is 1. The normalized spacial score (nSPS) is 12.1. The summed E-state index contributed by atoms with van der Waals surface area (Å²) in [5, 5.41) is 3.75. The number of nitrogens with zero attached hydrogens (tertiary/aromatic N) is 2. The second-order valence-electron chi connectivity index (χ2n) is 8.31. The summed E-state index contributed by atoms with van der Waals surface area (Å²) in [6.07, 6.45) is 4.04. The first-order chi connectivity index (χ1) is 15.4. The Hall–Kier alpha value is -3.11. The van der Waals surface area contributed by atoms with E-state index in [0.717, 1.165) is 40.1 Å². The van der Waals surface area contributed by atoms with Crippen molar-refractivity contribution in [1.82, 2.24) is 14.7 Å². The Morgan fingerprint density at radius 1 is 1.06 bits per heavy atom. The number of imidazole rings is 1. The molecule has 0 saturated carbocycles. The maximum absolute atomic E-state index is 12.5. The van der Waals surface area contributed by atoms with Crippen LogP contribution in [0.15, 0.2) is 66.9 Å². The average Bonchev–Trinajstić information content (AvgIpc) is 3.15. The minimum absolute atomic E-state index is 0.0613. The summed E-state index contributed by atoms with van der Waals surface area (Å²) in [7, 11) is 0. The molecular weight excluding hydrogens is 418 g/mol. The summed E-state index contributed by atoms with van der Waals surface area (Å²) in [5.74, 6) is 0.0613. The van der Waals surface area contributed by atoms with Crippen LogP contribution in [0.4, 0.5) is 0 Å². The molecule has 32 heavy (non-hydrogen) atoms. The number of pyridine rings is 1. The highest BCUT2D eigenvalue weighted by atomic mass is 35.5. The lowest BCUT2D eigenvalue weighted by molar-refractivity contribution is -0.121. The highest BCUT2D eigenvalue weighted by Crippen LogP contribution is 2.29. The van der Waals surface area contributed by atoms with Gasteiger partial charge in [-0.25, -0.2) is 4.98 Å². The Kier molecular flexibility index (Phi) is 6.61. The standard InChI is InChI=1S/C27H28ClN3O/c1-4-19(3)29-26(32)15-13-24-27(20-8-11-23(28)12-9-20)30-25-14-10-22(17-31(24)25)21-7-5-6-18(2)16-21/h5-12,14,16-17,19H,4,13,15H2,1-3H3,(H,29,32). The number of hydrogen-bond acceptors (Lipinski definition) is 2. The number of amides is 1. The van der Waals surface area contributed by atoms with Gasteiger partial charge in [-0.2, -0.15) is 0 Å². The van der Waals surface area contributed by atoms with Crippen molar-refractivity contribution in [2.45, 2.75) is 46.1 Å². The van der Waals surface area contributed by atoms with Gasteiger partial charge in [0.05, 0.1) is 11.4 Å². The van der Waals surface area contributed by atoms with Crippen molar-refractivity contribution in [3.05, 3.63) is 83.1 Å². The minimum Gasteiger partial charge on any atom is -0.354 e. The quantitative estimate of drug-likeness (QED) is 0.354. The Morgan fingerprint density at radius 2 is 1.81 bits per heavy atom. The summed E-state index contributed by atoms with van der Waals surface area (Å²) >= 11 is 6.11. The number of benzene rings is 2. The van der Waals surface area contributed by atoms with Crippen molar-refractivity contribution in [1.29, 1.82) is 0 Å². The molecule has 4 rings (SSSR count). The molecule has 1 amide bonds. The van der Waals surface area contributed by atoms with Crippen LogP contribution in [0.1, 0.15) is 37.9 Å². The summed E-state index contributed by atoms with van der Waals surface area (Å²) in [6.45, 7) is 6.19. The van der Waals surface area contributed by atoms with Gasteiger partial charge < -0.3 is 9.72 Å². The number of carbonyl (C=O) groups is 1. The van der Waals surface area contributed by atoms with Crippen LogP contribution in [0, 0.1) is 6.92 Å². The molecule has 0 bridgehead atoms. The fraction of sp³-hybridized carbons (Fsp3) is 0.259. The molecule has 0 fully saturated rings. The zero-order valence-electron chi connectivity index (χ0n) is 18.7. The Labute approximate surface area is 194 Å². The smallest absolute Gasteiger partial charge is 0.220 e. The molecular formula is C27H28ClN3O. The molecule has 0 spiro atoms. The van der Waals surface area contributed by atoms with E-state index < -0.39 is 0 Å². The zero-order valence-corrected chi connectivity index (χ0v) is 19.5. The van der Waals surface area contributed by atoms with Crippen LogP contribution in [0.25, 0.3) is 28.0 Å².